The molecule has 2 fully saturated rings. The van der Waals surface area contributed by atoms with E-state index in [9.17, 15) is 4.79 Å². The minimum Gasteiger partial charge on any atom is -0.296 e. The van der Waals surface area contributed by atoms with Crippen molar-refractivity contribution in [2.24, 2.45) is 5.41 Å². The Morgan fingerprint density at radius 2 is 2.04 bits per heavy atom. The molecule has 1 heterocycles. The number of carbonyl (C=O) groups is 1. The number of carbonyl (C=O) groups excluding carboxylic acids is 1. The highest BCUT2D eigenvalue weighted by Crippen LogP contribution is 2.53. The molecule has 0 radical (unpaired) electrons. The van der Waals surface area contributed by atoms with Gasteiger partial charge in [0.25, 0.3) is 5.91 Å². The molecule has 4 nitrogen and oxygen atoms in total. The van der Waals surface area contributed by atoms with Crippen LogP contribution in [0.5, 0.6) is 0 Å². The molecule has 23 heavy (non-hydrogen) atoms. The smallest absolute Gasteiger partial charge is 0.274 e. The third-order valence-electron chi connectivity index (χ3n) is 6.26. The Morgan fingerprint density at radius 1 is 1.26 bits per heavy atom. The average Bonchev–Trinajstić information content (AvgIpc) is 2.59. The maximum Gasteiger partial charge on any atom is 0.274 e. The minimum atomic E-state index is -0.594. The lowest BCUT2D eigenvalue weighted by Gasteiger charge is -2.54. The van der Waals surface area contributed by atoms with Gasteiger partial charge >= 0.3 is 0 Å². The number of rotatable bonds is 2. The van der Waals surface area contributed by atoms with Crippen molar-refractivity contribution >= 4 is 5.91 Å². The van der Waals surface area contributed by atoms with Crippen LogP contribution < -0.4 is 5.48 Å². The van der Waals surface area contributed by atoms with Crippen molar-refractivity contribution in [1.29, 1.82) is 0 Å². The van der Waals surface area contributed by atoms with E-state index in [0.717, 1.165) is 25.1 Å². The first-order valence-corrected chi connectivity index (χ1v) is 8.92. The van der Waals surface area contributed by atoms with Gasteiger partial charge in [0, 0.05) is 24.7 Å². The normalized spacial score (nSPS) is 24.7. The molecular weight excluding hydrogens is 288 g/mol. The van der Waals surface area contributed by atoms with Crippen LogP contribution in [0.3, 0.4) is 0 Å². The number of nitrogens with zero attached hydrogens (tertiary/aromatic N) is 1. The van der Waals surface area contributed by atoms with Crippen LogP contribution >= 0.6 is 0 Å². The fourth-order valence-electron chi connectivity index (χ4n) is 4.91. The topological polar surface area (TPSA) is 52.6 Å². The minimum absolute atomic E-state index is 0.259. The highest BCUT2D eigenvalue weighted by Gasteiger charge is 2.46. The Labute approximate surface area is 139 Å². The lowest BCUT2D eigenvalue weighted by atomic mass is 9.58. The number of fused-ring (bicyclic) bond motifs is 1. The molecule has 4 rings (SSSR count). The predicted molar refractivity (Wildman–Crippen MR) is 88.3 cm³/mol. The third-order valence-corrected chi connectivity index (χ3v) is 6.26. The molecule has 2 saturated carbocycles. The third kappa shape index (κ3) is 2.79. The summed E-state index contributed by atoms with van der Waals surface area (Å²) in [5.41, 5.74) is 4.69. The van der Waals surface area contributed by atoms with Crippen molar-refractivity contribution in [3.63, 3.8) is 0 Å². The van der Waals surface area contributed by atoms with Crippen molar-refractivity contribution < 1.29 is 11.4 Å². The van der Waals surface area contributed by atoms with Gasteiger partial charge in [0.05, 0.1) is 1.37 Å². The Hall–Kier alpha value is -1.39. The van der Waals surface area contributed by atoms with Crippen molar-refractivity contribution in [3.8, 4) is 0 Å². The summed E-state index contributed by atoms with van der Waals surface area (Å²) in [5.74, 6) is -0.594. The number of nitrogens with one attached hydrogen (secondary N) is 1. The average molecular weight is 315 g/mol. The molecule has 124 valence electrons. The molecule has 0 unspecified atom stereocenters. The zero-order valence-electron chi connectivity index (χ0n) is 14.6. The van der Waals surface area contributed by atoms with Gasteiger partial charge in [-0.25, -0.2) is 5.48 Å². The molecule has 0 saturated heterocycles. The van der Waals surface area contributed by atoms with Crippen molar-refractivity contribution in [2.45, 2.75) is 64.0 Å². The highest BCUT2D eigenvalue weighted by molar-refractivity contribution is 5.93. The molecule has 0 bridgehead atoms. The van der Waals surface area contributed by atoms with Gasteiger partial charge < -0.3 is 0 Å². The summed E-state index contributed by atoms with van der Waals surface area (Å²) in [7, 11) is 0. The second-order valence-corrected chi connectivity index (χ2v) is 7.66. The van der Waals surface area contributed by atoms with Gasteiger partial charge in [0.2, 0.25) is 0 Å². The molecule has 3 aliphatic rings. The van der Waals surface area contributed by atoms with Gasteiger partial charge in [0.1, 0.15) is 0 Å². The SMILES string of the molecule is [2H]c1c(C(=O)NO)ccc2c1CCN(C1CC3(CCCCC3)C1)C2. The second-order valence-electron chi connectivity index (χ2n) is 7.66. The fourth-order valence-corrected chi connectivity index (χ4v) is 4.91. The molecule has 0 aromatic heterocycles. The lowest BCUT2D eigenvalue weighted by molar-refractivity contribution is -0.0307. The van der Waals surface area contributed by atoms with Crippen molar-refractivity contribution in [2.75, 3.05) is 6.54 Å². The maximum atomic E-state index is 11.6. The van der Waals surface area contributed by atoms with E-state index in [0.29, 0.717) is 11.5 Å². The van der Waals surface area contributed by atoms with Gasteiger partial charge in [-0.3, -0.25) is 14.9 Å². The van der Waals surface area contributed by atoms with E-state index in [1.165, 1.54) is 50.5 Å². The quantitative estimate of drug-likeness (QED) is 0.650. The molecule has 4 heteroatoms. The van der Waals surface area contributed by atoms with Crippen LogP contribution in [0.25, 0.3) is 0 Å². The van der Waals surface area contributed by atoms with Gasteiger partial charge in [-0.2, -0.15) is 0 Å². The monoisotopic (exact) mass is 315 g/mol. The standard InChI is InChI=1S/C19H26N2O2/c22-18(20-23)15-4-5-16-13-21(9-6-14(16)10-15)17-11-19(12-17)7-2-1-3-8-19/h4-5,10,17,23H,1-3,6-9,11-13H2,(H,20,22)/i10D. The maximum absolute atomic E-state index is 11.6. The summed E-state index contributed by atoms with van der Waals surface area (Å²) in [4.78, 5) is 14.2. The van der Waals surface area contributed by atoms with E-state index in [-0.39, 0.29) is 11.6 Å². The van der Waals surface area contributed by atoms with Crippen LogP contribution in [0.4, 0.5) is 0 Å². The molecule has 0 atom stereocenters. The van der Waals surface area contributed by atoms with Crippen LogP contribution in [0.1, 0.15) is 67.8 Å². The summed E-state index contributed by atoms with van der Waals surface area (Å²) in [6.45, 7) is 1.87. The number of benzene rings is 1. The zero-order chi connectivity index (χ0) is 16.7. The highest BCUT2D eigenvalue weighted by atomic mass is 16.5. The Balaban J connectivity index is 1.45. The number of hydrogen-bond acceptors (Lipinski definition) is 3. The molecule has 2 N–H and O–H groups in total. The first-order chi connectivity index (χ1) is 11.6. The molecule has 1 aromatic rings. The van der Waals surface area contributed by atoms with Crippen LogP contribution in [-0.4, -0.2) is 28.6 Å². The predicted octanol–water partition coefficient (Wildman–Crippen LogP) is 3.28. The van der Waals surface area contributed by atoms with Crippen LogP contribution in [0, 0.1) is 5.41 Å². The van der Waals surface area contributed by atoms with E-state index in [1.807, 2.05) is 6.07 Å². The second kappa shape index (κ2) is 5.91. The summed E-state index contributed by atoms with van der Waals surface area (Å²) in [6.07, 6.45) is 10.6. The van der Waals surface area contributed by atoms with Crippen LogP contribution in [0.15, 0.2) is 18.2 Å². The molecule has 1 spiro atoms. The Kier molecular flexibility index (Phi) is 3.60. The fraction of sp³-hybridized carbons (Fsp3) is 0.632. The number of hydrogen-bond donors (Lipinski definition) is 2. The van der Waals surface area contributed by atoms with Gasteiger partial charge in [0.15, 0.2) is 0 Å². The molecule has 1 aromatic carbocycles. The number of hydroxylamine groups is 1. The Bertz CT molecular complexity index is 647. The molecular formula is C19H26N2O2. The first kappa shape index (κ1) is 14.0. The summed E-state index contributed by atoms with van der Waals surface area (Å²) in [5, 5.41) is 8.80. The van der Waals surface area contributed by atoms with Crippen molar-refractivity contribution in [1.82, 2.24) is 10.4 Å². The van der Waals surface area contributed by atoms with Gasteiger partial charge in [-0.15, -0.1) is 0 Å². The Morgan fingerprint density at radius 3 is 2.78 bits per heavy atom. The first-order valence-electron chi connectivity index (χ1n) is 9.42. The van der Waals surface area contributed by atoms with E-state index >= 15 is 0 Å². The van der Waals surface area contributed by atoms with Crippen LogP contribution in [0.2, 0.25) is 0 Å². The van der Waals surface area contributed by atoms with E-state index in [2.05, 4.69) is 4.90 Å². The zero-order valence-corrected chi connectivity index (χ0v) is 13.6. The van der Waals surface area contributed by atoms with Gasteiger partial charge in [-0.05, 0) is 60.8 Å². The van der Waals surface area contributed by atoms with E-state index in [1.54, 1.807) is 11.5 Å². The number of amides is 1. The van der Waals surface area contributed by atoms with E-state index < -0.39 is 5.91 Å². The lowest BCUT2D eigenvalue weighted by Crippen LogP contribution is -2.52. The van der Waals surface area contributed by atoms with E-state index in [4.69, 9.17) is 6.58 Å². The summed E-state index contributed by atoms with van der Waals surface area (Å²) in [6, 6.07) is 4.60. The summed E-state index contributed by atoms with van der Waals surface area (Å²) >= 11 is 0. The molecule has 1 amide bonds. The summed E-state index contributed by atoms with van der Waals surface area (Å²) < 4.78 is 8.26. The van der Waals surface area contributed by atoms with Crippen LogP contribution in [-0.2, 0) is 13.0 Å². The molecule has 1 aliphatic heterocycles. The van der Waals surface area contributed by atoms with Crippen molar-refractivity contribution in [3.05, 3.63) is 34.9 Å². The van der Waals surface area contributed by atoms with Gasteiger partial charge in [-0.1, -0.05) is 25.3 Å². The molecule has 2 aliphatic carbocycles. The largest absolute Gasteiger partial charge is 0.296 e.